The van der Waals surface area contributed by atoms with Crippen LogP contribution in [0.4, 0.5) is 5.69 Å². The van der Waals surface area contributed by atoms with Gasteiger partial charge >= 0.3 is 0 Å². The fraction of sp³-hybridized carbons (Fsp3) is 0.500. The van der Waals surface area contributed by atoms with E-state index in [1.165, 1.54) is 5.56 Å². The number of nitrogens with one attached hydrogen (secondary N) is 1. The Morgan fingerprint density at radius 3 is 2.67 bits per heavy atom. The van der Waals surface area contributed by atoms with Crippen molar-refractivity contribution in [3.05, 3.63) is 29.3 Å². The predicted molar refractivity (Wildman–Crippen MR) is 75.6 cm³/mol. The van der Waals surface area contributed by atoms with Crippen molar-refractivity contribution in [1.29, 1.82) is 0 Å². The molecule has 1 rings (SSSR count). The van der Waals surface area contributed by atoms with E-state index in [0.717, 1.165) is 17.8 Å². The van der Waals surface area contributed by atoms with E-state index in [4.69, 9.17) is 5.73 Å². The summed E-state index contributed by atoms with van der Waals surface area (Å²) in [5, 5.41) is 2.82. The van der Waals surface area contributed by atoms with Crippen LogP contribution in [0.15, 0.2) is 18.2 Å². The largest absolute Gasteiger partial charge is 0.362 e. The molecule has 0 aliphatic rings. The number of hydrogen-bond acceptors (Lipinski definition) is 3. The van der Waals surface area contributed by atoms with Crippen LogP contribution in [0.3, 0.4) is 0 Å². The Morgan fingerprint density at radius 1 is 1.39 bits per heavy atom. The van der Waals surface area contributed by atoms with Gasteiger partial charge in [-0.3, -0.25) is 4.79 Å². The monoisotopic (exact) mass is 249 g/mol. The fourth-order valence-corrected chi connectivity index (χ4v) is 1.98. The maximum Gasteiger partial charge on any atom is 0.239 e. The van der Waals surface area contributed by atoms with Gasteiger partial charge in [0.1, 0.15) is 0 Å². The van der Waals surface area contributed by atoms with Crippen molar-refractivity contribution < 1.29 is 4.79 Å². The highest BCUT2D eigenvalue weighted by Crippen LogP contribution is 2.21. The number of amides is 1. The minimum atomic E-state index is 0.0443. The molecule has 0 fully saturated rings. The highest BCUT2D eigenvalue weighted by molar-refractivity contribution is 5.81. The summed E-state index contributed by atoms with van der Waals surface area (Å²) in [5.74, 6) is 0.0443. The molecule has 100 valence electrons. The third kappa shape index (κ3) is 3.74. The van der Waals surface area contributed by atoms with Crippen LogP contribution in [0.2, 0.25) is 0 Å². The van der Waals surface area contributed by atoms with Crippen LogP contribution in [0.25, 0.3) is 0 Å². The standard InChI is InChI=1S/C14H23N3O/c1-4-16-14(18)10-17(5-2)13-7-6-11(3)8-12(13)9-15/h6-8H,4-5,9-10,15H2,1-3H3,(H,16,18). The van der Waals surface area contributed by atoms with Crippen molar-refractivity contribution >= 4 is 11.6 Å². The Morgan fingerprint density at radius 2 is 2.11 bits per heavy atom. The Bertz CT molecular complexity index is 404. The van der Waals surface area contributed by atoms with E-state index in [0.29, 0.717) is 19.6 Å². The molecule has 1 aromatic rings. The van der Waals surface area contributed by atoms with Gasteiger partial charge in [0.15, 0.2) is 0 Å². The van der Waals surface area contributed by atoms with Crippen LogP contribution in [0.1, 0.15) is 25.0 Å². The Labute approximate surface area is 109 Å². The highest BCUT2D eigenvalue weighted by atomic mass is 16.2. The average molecular weight is 249 g/mol. The first-order valence-corrected chi connectivity index (χ1v) is 6.43. The molecular formula is C14H23N3O. The maximum absolute atomic E-state index is 11.7. The van der Waals surface area contributed by atoms with Crippen LogP contribution >= 0.6 is 0 Å². The topological polar surface area (TPSA) is 58.4 Å². The summed E-state index contributed by atoms with van der Waals surface area (Å²) >= 11 is 0. The number of likely N-dealkylation sites (N-methyl/N-ethyl adjacent to an activating group) is 2. The number of anilines is 1. The summed E-state index contributed by atoms with van der Waals surface area (Å²) < 4.78 is 0. The summed E-state index contributed by atoms with van der Waals surface area (Å²) in [6, 6.07) is 6.17. The molecule has 0 aliphatic heterocycles. The number of aryl methyl sites for hydroxylation is 1. The summed E-state index contributed by atoms with van der Waals surface area (Å²) in [7, 11) is 0. The molecule has 4 nitrogen and oxygen atoms in total. The van der Waals surface area contributed by atoms with Crippen LogP contribution in [-0.4, -0.2) is 25.5 Å². The number of nitrogens with two attached hydrogens (primary N) is 1. The molecule has 0 spiro atoms. The van der Waals surface area contributed by atoms with Gasteiger partial charge in [-0.1, -0.05) is 17.7 Å². The average Bonchev–Trinajstić information content (AvgIpc) is 2.36. The molecule has 1 amide bonds. The fourth-order valence-electron chi connectivity index (χ4n) is 1.98. The molecule has 18 heavy (non-hydrogen) atoms. The van der Waals surface area contributed by atoms with E-state index in [1.807, 2.05) is 31.7 Å². The van der Waals surface area contributed by atoms with Crippen molar-refractivity contribution in [2.75, 3.05) is 24.5 Å². The first-order valence-electron chi connectivity index (χ1n) is 6.43. The number of carbonyl (C=O) groups excluding carboxylic acids is 1. The molecule has 0 radical (unpaired) electrons. The molecule has 1 aromatic carbocycles. The van der Waals surface area contributed by atoms with E-state index < -0.39 is 0 Å². The predicted octanol–water partition coefficient (Wildman–Crippen LogP) is 1.42. The number of carbonyl (C=O) groups is 1. The van der Waals surface area contributed by atoms with Crippen LogP contribution in [0.5, 0.6) is 0 Å². The van der Waals surface area contributed by atoms with Crippen molar-refractivity contribution in [3.63, 3.8) is 0 Å². The first-order chi connectivity index (χ1) is 8.62. The molecule has 0 bridgehead atoms. The van der Waals surface area contributed by atoms with E-state index >= 15 is 0 Å². The summed E-state index contributed by atoms with van der Waals surface area (Å²) in [6.45, 7) is 8.32. The van der Waals surface area contributed by atoms with Crippen molar-refractivity contribution in [3.8, 4) is 0 Å². The lowest BCUT2D eigenvalue weighted by molar-refractivity contribution is -0.119. The summed E-state index contributed by atoms with van der Waals surface area (Å²) in [4.78, 5) is 13.7. The van der Waals surface area contributed by atoms with Crippen molar-refractivity contribution in [2.45, 2.75) is 27.3 Å². The second-order valence-corrected chi connectivity index (χ2v) is 4.30. The van der Waals surface area contributed by atoms with Gasteiger partial charge in [0.05, 0.1) is 6.54 Å². The second kappa shape index (κ2) is 7.01. The van der Waals surface area contributed by atoms with E-state index in [-0.39, 0.29) is 5.91 Å². The lowest BCUT2D eigenvalue weighted by atomic mass is 10.1. The normalized spacial score (nSPS) is 10.2. The van der Waals surface area contributed by atoms with Gasteiger partial charge in [0.25, 0.3) is 0 Å². The van der Waals surface area contributed by atoms with Crippen LogP contribution < -0.4 is 16.0 Å². The lowest BCUT2D eigenvalue weighted by Crippen LogP contribution is -2.37. The van der Waals surface area contributed by atoms with Crippen molar-refractivity contribution in [1.82, 2.24) is 5.32 Å². The van der Waals surface area contributed by atoms with Crippen LogP contribution in [-0.2, 0) is 11.3 Å². The number of rotatable bonds is 6. The van der Waals surface area contributed by atoms with E-state index in [2.05, 4.69) is 17.4 Å². The third-order valence-corrected chi connectivity index (χ3v) is 2.89. The molecule has 0 atom stereocenters. The molecule has 0 unspecified atom stereocenters. The minimum Gasteiger partial charge on any atom is -0.362 e. The molecular weight excluding hydrogens is 226 g/mol. The summed E-state index contributed by atoms with van der Waals surface area (Å²) in [6.07, 6.45) is 0. The quantitative estimate of drug-likeness (QED) is 0.801. The lowest BCUT2D eigenvalue weighted by Gasteiger charge is -2.25. The Kier molecular flexibility index (Phi) is 5.65. The maximum atomic E-state index is 11.7. The Balaban J connectivity index is 2.90. The van der Waals surface area contributed by atoms with Crippen LogP contribution in [0, 0.1) is 6.92 Å². The van der Waals surface area contributed by atoms with Gasteiger partial charge in [-0.25, -0.2) is 0 Å². The molecule has 0 aliphatic carbocycles. The van der Waals surface area contributed by atoms with Gasteiger partial charge in [-0.05, 0) is 32.4 Å². The van der Waals surface area contributed by atoms with Gasteiger partial charge in [0, 0.05) is 25.3 Å². The third-order valence-electron chi connectivity index (χ3n) is 2.89. The zero-order valence-corrected chi connectivity index (χ0v) is 11.5. The van der Waals surface area contributed by atoms with E-state index in [9.17, 15) is 4.79 Å². The van der Waals surface area contributed by atoms with Gasteiger partial charge in [-0.2, -0.15) is 0 Å². The zero-order valence-electron chi connectivity index (χ0n) is 11.5. The SMILES string of the molecule is CCNC(=O)CN(CC)c1ccc(C)cc1CN. The second-order valence-electron chi connectivity index (χ2n) is 4.30. The summed E-state index contributed by atoms with van der Waals surface area (Å²) in [5.41, 5.74) is 9.10. The van der Waals surface area contributed by atoms with Gasteiger partial charge < -0.3 is 16.0 Å². The number of hydrogen-bond donors (Lipinski definition) is 2. The molecule has 0 saturated heterocycles. The molecule has 3 N–H and O–H groups in total. The number of benzene rings is 1. The molecule has 4 heteroatoms. The van der Waals surface area contributed by atoms with Gasteiger partial charge in [-0.15, -0.1) is 0 Å². The zero-order chi connectivity index (χ0) is 13.5. The first kappa shape index (κ1) is 14.5. The van der Waals surface area contributed by atoms with Gasteiger partial charge in [0.2, 0.25) is 5.91 Å². The molecule has 0 heterocycles. The Hall–Kier alpha value is -1.55. The number of nitrogens with zero attached hydrogens (tertiary/aromatic N) is 1. The smallest absolute Gasteiger partial charge is 0.239 e. The highest BCUT2D eigenvalue weighted by Gasteiger charge is 2.12. The van der Waals surface area contributed by atoms with Crippen molar-refractivity contribution in [2.24, 2.45) is 5.73 Å². The van der Waals surface area contributed by atoms with E-state index in [1.54, 1.807) is 0 Å². The molecule has 0 aromatic heterocycles. The minimum absolute atomic E-state index is 0.0443. The molecule has 0 saturated carbocycles.